The number of rotatable bonds is 4. The van der Waals surface area contributed by atoms with Crippen LogP contribution in [0.2, 0.25) is 0 Å². The zero-order valence-electron chi connectivity index (χ0n) is 9.72. The first-order valence-corrected chi connectivity index (χ1v) is 6.07. The van der Waals surface area contributed by atoms with Gasteiger partial charge in [0.2, 0.25) is 0 Å². The van der Waals surface area contributed by atoms with Crippen LogP contribution in [0.5, 0.6) is 0 Å². The van der Waals surface area contributed by atoms with E-state index < -0.39 is 0 Å². The van der Waals surface area contributed by atoms with Gasteiger partial charge < -0.3 is 0 Å². The van der Waals surface area contributed by atoms with E-state index in [2.05, 4.69) is 18.3 Å². The van der Waals surface area contributed by atoms with E-state index in [0.29, 0.717) is 6.04 Å². The number of nitrogens with zero attached hydrogens (tertiary/aromatic N) is 2. The number of anilines is 1. The van der Waals surface area contributed by atoms with Crippen molar-refractivity contribution in [3.8, 4) is 0 Å². The predicted molar refractivity (Wildman–Crippen MR) is 66.4 cm³/mol. The standard InChI is InChI=1S/C13H18N2O/c1-2-3-7-12-10-9-11-6-4-5-8-13(11)15(12)14-16/h4-6,8,12H,2-3,7,9-10H2,1H3. The quantitative estimate of drug-likeness (QED) is 0.722. The SMILES string of the molecule is CCCCC1CCc2ccccc2N1N=O. The number of nitroso groups, excluding NO2 is 1. The maximum atomic E-state index is 11.0. The number of para-hydroxylation sites is 1. The molecule has 2 rings (SSSR count). The van der Waals surface area contributed by atoms with Crippen LogP contribution in [-0.2, 0) is 6.42 Å². The Morgan fingerprint density at radius 1 is 1.44 bits per heavy atom. The maximum absolute atomic E-state index is 11.0. The predicted octanol–water partition coefficient (Wildman–Crippen LogP) is 3.68. The highest BCUT2D eigenvalue weighted by atomic mass is 16.3. The van der Waals surface area contributed by atoms with E-state index in [-0.39, 0.29) is 0 Å². The van der Waals surface area contributed by atoms with Gasteiger partial charge in [-0.05, 0) is 30.9 Å². The topological polar surface area (TPSA) is 32.7 Å². The first kappa shape index (κ1) is 11.1. The second-order valence-corrected chi connectivity index (χ2v) is 4.39. The molecular weight excluding hydrogens is 200 g/mol. The van der Waals surface area contributed by atoms with E-state index in [1.54, 1.807) is 5.01 Å². The van der Waals surface area contributed by atoms with Gasteiger partial charge in [-0.25, -0.2) is 5.01 Å². The Kier molecular flexibility index (Phi) is 3.54. The molecule has 0 aliphatic carbocycles. The number of unbranched alkanes of at least 4 members (excludes halogenated alkanes) is 1. The molecule has 1 aromatic carbocycles. The Balaban J connectivity index is 2.19. The normalized spacial score (nSPS) is 19.3. The van der Waals surface area contributed by atoms with Crippen molar-refractivity contribution in [2.24, 2.45) is 5.29 Å². The molecule has 0 bridgehead atoms. The van der Waals surface area contributed by atoms with E-state index in [0.717, 1.165) is 24.9 Å². The van der Waals surface area contributed by atoms with Crippen molar-refractivity contribution in [2.45, 2.75) is 45.1 Å². The average Bonchev–Trinajstić information content (AvgIpc) is 2.35. The molecule has 16 heavy (non-hydrogen) atoms. The fourth-order valence-electron chi connectivity index (χ4n) is 2.40. The smallest absolute Gasteiger partial charge is 0.0661 e. The Hall–Kier alpha value is -1.38. The Morgan fingerprint density at radius 3 is 3.00 bits per heavy atom. The molecule has 1 atom stereocenters. The summed E-state index contributed by atoms with van der Waals surface area (Å²) in [6.07, 6.45) is 5.51. The molecule has 86 valence electrons. The molecule has 0 aromatic heterocycles. The lowest BCUT2D eigenvalue weighted by molar-refractivity contribution is 0.485. The van der Waals surface area contributed by atoms with Crippen molar-refractivity contribution in [2.75, 3.05) is 5.01 Å². The van der Waals surface area contributed by atoms with Crippen molar-refractivity contribution in [3.05, 3.63) is 34.7 Å². The van der Waals surface area contributed by atoms with Gasteiger partial charge in [-0.15, -0.1) is 4.91 Å². The van der Waals surface area contributed by atoms with Crippen LogP contribution in [0, 0.1) is 4.91 Å². The number of fused-ring (bicyclic) bond motifs is 1. The molecule has 0 N–H and O–H groups in total. The summed E-state index contributed by atoms with van der Waals surface area (Å²) in [6.45, 7) is 2.18. The second kappa shape index (κ2) is 5.10. The Morgan fingerprint density at radius 2 is 2.25 bits per heavy atom. The minimum absolute atomic E-state index is 0.298. The van der Waals surface area contributed by atoms with Gasteiger partial charge in [-0.3, -0.25) is 0 Å². The Labute approximate surface area is 96.4 Å². The first-order valence-electron chi connectivity index (χ1n) is 6.07. The van der Waals surface area contributed by atoms with E-state index in [1.807, 2.05) is 18.2 Å². The number of hydrogen-bond donors (Lipinski definition) is 0. The molecule has 1 aliphatic rings. The summed E-state index contributed by atoms with van der Waals surface area (Å²) in [5.41, 5.74) is 2.25. The third-order valence-electron chi connectivity index (χ3n) is 3.31. The molecule has 0 saturated heterocycles. The van der Waals surface area contributed by atoms with Crippen LogP contribution in [0.25, 0.3) is 0 Å². The van der Waals surface area contributed by atoms with Crippen molar-refractivity contribution >= 4 is 5.69 Å². The lowest BCUT2D eigenvalue weighted by Gasteiger charge is -2.32. The van der Waals surface area contributed by atoms with Crippen molar-refractivity contribution in [3.63, 3.8) is 0 Å². The monoisotopic (exact) mass is 218 g/mol. The molecule has 0 radical (unpaired) electrons. The van der Waals surface area contributed by atoms with Gasteiger partial charge in [-0.1, -0.05) is 38.0 Å². The summed E-state index contributed by atoms with van der Waals surface area (Å²) < 4.78 is 0. The third kappa shape index (κ3) is 2.08. The molecule has 3 nitrogen and oxygen atoms in total. The van der Waals surface area contributed by atoms with Crippen molar-refractivity contribution < 1.29 is 0 Å². The van der Waals surface area contributed by atoms with E-state index in [4.69, 9.17) is 0 Å². The van der Waals surface area contributed by atoms with Crippen LogP contribution in [0.1, 0.15) is 38.2 Å². The first-order chi connectivity index (χ1) is 7.86. The van der Waals surface area contributed by atoms with Crippen LogP contribution in [0.4, 0.5) is 5.69 Å². The maximum Gasteiger partial charge on any atom is 0.0661 e. The van der Waals surface area contributed by atoms with Gasteiger partial charge in [-0.2, -0.15) is 0 Å². The van der Waals surface area contributed by atoms with Gasteiger partial charge >= 0.3 is 0 Å². The summed E-state index contributed by atoms with van der Waals surface area (Å²) >= 11 is 0. The zero-order valence-corrected chi connectivity index (χ0v) is 9.72. The lowest BCUT2D eigenvalue weighted by Crippen LogP contribution is -2.34. The molecule has 3 heteroatoms. The molecule has 1 aliphatic heterocycles. The van der Waals surface area contributed by atoms with Gasteiger partial charge in [0.1, 0.15) is 0 Å². The zero-order chi connectivity index (χ0) is 11.4. The highest BCUT2D eigenvalue weighted by molar-refractivity contribution is 5.55. The van der Waals surface area contributed by atoms with Crippen LogP contribution in [0.3, 0.4) is 0 Å². The molecular formula is C13H18N2O. The van der Waals surface area contributed by atoms with Crippen molar-refractivity contribution in [1.29, 1.82) is 0 Å². The number of aryl methyl sites for hydroxylation is 1. The summed E-state index contributed by atoms with van der Waals surface area (Å²) in [5, 5.41) is 4.88. The number of hydrogen-bond acceptors (Lipinski definition) is 2. The Bertz CT molecular complexity index is 365. The molecule has 1 heterocycles. The minimum Gasteiger partial charge on any atom is -0.226 e. The lowest BCUT2D eigenvalue weighted by atomic mass is 9.94. The van der Waals surface area contributed by atoms with Crippen LogP contribution in [0.15, 0.2) is 29.6 Å². The van der Waals surface area contributed by atoms with Crippen LogP contribution < -0.4 is 5.01 Å². The van der Waals surface area contributed by atoms with Crippen molar-refractivity contribution in [1.82, 2.24) is 0 Å². The van der Waals surface area contributed by atoms with Gasteiger partial charge in [0, 0.05) is 0 Å². The van der Waals surface area contributed by atoms with E-state index >= 15 is 0 Å². The molecule has 0 saturated carbocycles. The summed E-state index contributed by atoms with van der Waals surface area (Å²) in [5.74, 6) is 0. The highest BCUT2D eigenvalue weighted by Gasteiger charge is 2.26. The fourth-order valence-corrected chi connectivity index (χ4v) is 2.40. The number of benzene rings is 1. The largest absolute Gasteiger partial charge is 0.226 e. The fraction of sp³-hybridized carbons (Fsp3) is 0.538. The van der Waals surface area contributed by atoms with Crippen LogP contribution >= 0.6 is 0 Å². The van der Waals surface area contributed by atoms with Crippen LogP contribution in [-0.4, -0.2) is 6.04 Å². The minimum atomic E-state index is 0.298. The van der Waals surface area contributed by atoms with E-state index in [1.165, 1.54) is 18.4 Å². The van der Waals surface area contributed by atoms with Gasteiger partial charge in [0.15, 0.2) is 0 Å². The molecule has 0 amide bonds. The van der Waals surface area contributed by atoms with Gasteiger partial charge in [0.05, 0.1) is 17.0 Å². The molecule has 0 spiro atoms. The molecule has 1 aromatic rings. The second-order valence-electron chi connectivity index (χ2n) is 4.39. The summed E-state index contributed by atoms with van der Waals surface area (Å²) in [7, 11) is 0. The molecule has 0 fully saturated rings. The molecule has 1 unspecified atom stereocenters. The highest BCUT2D eigenvalue weighted by Crippen LogP contribution is 2.32. The summed E-state index contributed by atoms with van der Waals surface area (Å²) in [6, 6.07) is 8.37. The van der Waals surface area contributed by atoms with Gasteiger partial charge in [0.25, 0.3) is 0 Å². The third-order valence-corrected chi connectivity index (χ3v) is 3.31. The van der Waals surface area contributed by atoms with E-state index in [9.17, 15) is 4.91 Å². The average molecular weight is 218 g/mol. The summed E-state index contributed by atoms with van der Waals surface area (Å²) in [4.78, 5) is 11.0.